The molecular formula is C11H21N3O2. The second-order valence-corrected chi connectivity index (χ2v) is 5.05. The van der Waals surface area contributed by atoms with Crippen molar-refractivity contribution in [3.8, 4) is 0 Å². The molecule has 92 valence electrons. The fourth-order valence-corrected chi connectivity index (χ4v) is 1.84. The predicted molar refractivity (Wildman–Crippen MR) is 61.6 cm³/mol. The minimum Gasteiger partial charge on any atom is -0.368 e. The van der Waals surface area contributed by atoms with Crippen molar-refractivity contribution in [2.75, 3.05) is 6.54 Å². The molecule has 5 nitrogen and oxygen atoms in total. The van der Waals surface area contributed by atoms with Crippen LogP contribution in [0.25, 0.3) is 0 Å². The molecule has 0 bridgehead atoms. The lowest BCUT2D eigenvalue weighted by atomic mass is 9.91. The van der Waals surface area contributed by atoms with Gasteiger partial charge in [-0.1, -0.05) is 0 Å². The summed E-state index contributed by atoms with van der Waals surface area (Å²) in [6.45, 7) is 6.14. The van der Waals surface area contributed by atoms with E-state index in [4.69, 9.17) is 5.73 Å². The number of amides is 2. The van der Waals surface area contributed by atoms with Gasteiger partial charge in [0.2, 0.25) is 11.8 Å². The molecule has 1 saturated heterocycles. The van der Waals surface area contributed by atoms with Crippen molar-refractivity contribution in [3.63, 3.8) is 0 Å². The van der Waals surface area contributed by atoms with E-state index < -0.39 is 11.4 Å². The van der Waals surface area contributed by atoms with Crippen molar-refractivity contribution in [1.29, 1.82) is 0 Å². The molecule has 0 aromatic carbocycles. The molecule has 0 aliphatic carbocycles. The molecule has 2 amide bonds. The van der Waals surface area contributed by atoms with Crippen LogP contribution in [0.1, 0.15) is 33.6 Å². The van der Waals surface area contributed by atoms with Crippen LogP contribution in [0, 0.1) is 5.92 Å². The summed E-state index contributed by atoms with van der Waals surface area (Å²) in [5.41, 5.74) is 4.24. The van der Waals surface area contributed by atoms with Crippen LogP contribution in [0.4, 0.5) is 0 Å². The highest BCUT2D eigenvalue weighted by atomic mass is 16.2. The summed E-state index contributed by atoms with van der Waals surface area (Å²) in [4.78, 5) is 23.0. The number of nitrogens with two attached hydrogens (primary N) is 1. The lowest BCUT2D eigenvalue weighted by molar-refractivity contribution is -0.133. The maximum Gasteiger partial charge on any atom is 0.242 e. The maximum absolute atomic E-state index is 11.9. The molecule has 0 aromatic heterocycles. The minimum atomic E-state index is -0.967. The summed E-state index contributed by atoms with van der Waals surface area (Å²) in [7, 11) is 0. The van der Waals surface area contributed by atoms with E-state index in [-0.39, 0.29) is 11.8 Å². The molecular weight excluding hydrogens is 206 g/mol. The van der Waals surface area contributed by atoms with E-state index in [0.717, 1.165) is 19.4 Å². The van der Waals surface area contributed by atoms with Crippen LogP contribution in [0.2, 0.25) is 0 Å². The molecule has 0 aromatic rings. The van der Waals surface area contributed by atoms with Gasteiger partial charge in [0, 0.05) is 12.0 Å². The lowest BCUT2D eigenvalue weighted by Gasteiger charge is -2.30. The Bertz CT molecular complexity index is 289. The maximum atomic E-state index is 11.9. The van der Waals surface area contributed by atoms with Crippen LogP contribution in [0.5, 0.6) is 0 Å². The van der Waals surface area contributed by atoms with Crippen molar-refractivity contribution < 1.29 is 9.59 Å². The topological polar surface area (TPSA) is 84.2 Å². The molecule has 1 fully saturated rings. The Balaban J connectivity index is 2.55. The number of primary amides is 1. The normalized spacial score (nSPS) is 26.2. The van der Waals surface area contributed by atoms with Crippen molar-refractivity contribution in [1.82, 2.24) is 10.6 Å². The van der Waals surface area contributed by atoms with E-state index >= 15 is 0 Å². The van der Waals surface area contributed by atoms with Gasteiger partial charge in [0.05, 0.1) is 0 Å². The SMILES string of the molecule is CC1CC(C(=O)NC(C)(C)C(N)=O)CCN1. The van der Waals surface area contributed by atoms with Gasteiger partial charge in [-0.15, -0.1) is 0 Å². The molecule has 0 spiro atoms. The fraction of sp³-hybridized carbons (Fsp3) is 0.818. The first-order valence-electron chi connectivity index (χ1n) is 5.68. The van der Waals surface area contributed by atoms with Crippen LogP contribution in [0.3, 0.4) is 0 Å². The Labute approximate surface area is 96.1 Å². The standard InChI is InChI=1S/C11H21N3O2/c1-7-6-8(4-5-13-7)9(15)14-11(2,3)10(12)16/h7-8,13H,4-6H2,1-3H3,(H2,12,16)(H,14,15). The van der Waals surface area contributed by atoms with Gasteiger partial charge < -0.3 is 16.4 Å². The van der Waals surface area contributed by atoms with E-state index in [1.807, 2.05) is 0 Å². The average Bonchev–Trinajstić information content (AvgIpc) is 2.16. The van der Waals surface area contributed by atoms with Crippen molar-refractivity contribution in [2.24, 2.45) is 11.7 Å². The Hall–Kier alpha value is -1.10. The second-order valence-electron chi connectivity index (χ2n) is 5.05. The monoisotopic (exact) mass is 227 g/mol. The van der Waals surface area contributed by atoms with Gasteiger partial charge in [0.1, 0.15) is 5.54 Å². The molecule has 2 atom stereocenters. The van der Waals surface area contributed by atoms with Crippen LogP contribution < -0.4 is 16.4 Å². The Morgan fingerprint density at radius 2 is 2.06 bits per heavy atom. The third-order valence-corrected chi connectivity index (χ3v) is 3.05. The van der Waals surface area contributed by atoms with Gasteiger partial charge in [-0.3, -0.25) is 9.59 Å². The molecule has 16 heavy (non-hydrogen) atoms. The molecule has 2 unspecified atom stereocenters. The molecule has 0 radical (unpaired) electrons. The molecule has 1 heterocycles. The predicted octanol–water partition coefficient (Wildman–Crippen LogP) is -0.245. The average molecular weight is 227 g/mol. The number of carbonyl (C=O) groups excluding carboxylic acids is 2. The Morgan fingerprint density at radius 1 is 1.44 bits per heavy atom. The van der Waals surface area contributed by atoms with E-state index in [0.29, 0.717) is 6.04 Å². The summed E-state index contributed by atoms with van der Waals surface area (Å²) in [6, 6.07) is 0.348. The Morgan fingerprint density at radius 3 is 2.56 bits per heavy atom. The van der Waals surface area contributed by atoms with E-state index in [1.54, 1.807) is 13.8 Å². The summed E-state index contributed by atoms with van der Waals surface area (Å²) in [5.74, 6) is -0.602. The van der Waals surface area contributed by atoms with Gasteiger partial charge in [-0.25, -0.2) is 0 Å². The van der Waals surface area contributed by atoms with Crippen LogP contribution in [0.15, 0.2) is 0 Å². The summed E-state index contributed by atoms with van der Waals surface area (Å²) >= 11 is 0. The number of hydrogen-bond acceptors (Lipinski definition) is 3. The summed E-state index contributed by atoms with van der Waals surface area (Å²) in [6.07, 6.45) is 1.62. The quantitative estimate of drug-likeness (QED) is 0.622. The zero-order valence-corrected chi connectivity index (χ0v) is 10.2. The number of nitrogens with one attached hydrogen (secondary N) is 2. The smallest absolute Gasteiger partial charge is 0.242 e. The zero-order chi connectivity index (χ0) is 12.3. The number of hydrogen-bond donors (Lipinski definition) is 3. The second kappa shape index (κ2) is 4.82. The molecule has 0 saturated carbocycles. The van der Waals surface area contributed by atoms with Crippen molar-refractivity contribution in [3.05, 3.63) is 0 Å². The van der Waals surface area contributed by atoms with E-state index in [1.165, 1.54) is 0 Å². The fourth-order valence-electron chi connectivity index (χ4n) is 1.84. The highest BCUT2D eigenvalue weighted by Crippen LogP contribution is 2.17. The minimum absolute atomic E-state index is 0.0186. The molecule has 4 N–H and O–H groups in total. The van der Waals surface area contributed by atoms with Gasteiger partial charge in [0.25, 0.3) is 0 Å². The number of carbonyl (C=O) groups is 2. The highest BCUT2D eigenvalue weighted by molar-refractivity contribution is 5.90. The third kappa shape index (κ3) is 3.20. The lowest BCUT2D eigenvalue weighted by Crippen LogP contribution is -2.55. The summed E-state index contributed by atoms with van der Waals surface area (Å²) in [5, 5.41) is 5.99. The molecule has 5 heteroatoms. The van der Waals surface area contributed by atoms with Gasteiger partial charge >= 0.3 is 0 Å². The van der Waals surface area contributed by atoms with Gasteiger partial charge in [-0.2, -0.15) is 0 Å². The van der Waals surface area contributed by atoms with Crippen molar-refractivity contribution in [2.45, 2.75) is 45.2 Å². The first-order chi connectivity index (χ1) is 7.33. The molecule has 1 aliphatic heterocycles. The highest BCUT2D eigenvalue weighted by Gasteiger charge is 2.31. The third-order valence-electron chi connectivity index (χ3n) is 3.05. The molecule has 1 aliphatic rings. The molecule has 1 rings (SSSR count). The summed E-state index contributed by atoms with van der Waals surface area (Å²) < 4.78 is 0. The number of rotatable bonds is 3. The van der Waals surface area contributed by atoms with Gasteiger partial charge in [-0.05, 0) is 40.2 Å². The first kappa shape index (κ1) is 13.0. The zero-order valence-electron chi connectivity index (χ0n) is 10.2. The van der Waals surface area contributed by atoms with Crippen LogP contribution in [-0.4, -0.2) is 29.9 Å². The van der Waals surface area contributed by atoms with Crippen molar-refractivity contribution >= 4 is 11.8 Å². The van der Waals surface area contributed by atoms with Gasteiger partial charge in [0.15, 0.2) is 0 Å². The largest absolute Gasteiger partial charge is 0.368 e. The first-order valence-corrected chi connectivity index (χ1v) is 5.68. The van der Waals surface area contributed by atoms with E-state index in [9.17, 15) is 9.59 Å². The number of piperidine rings is 1. The van der Waals surface area contributed by atoms with Crippen LogP contribution in [-0.2, 0) is 9.59 Å². The van der Waals surface area contributed by atoms with Crippen LogP contribution >= 0.6 is 0 Å². The Kier molecular flexibility index (Phi) is 3.91. The van der Waals surface area contributed by atoms with E-state index in [2.05, 4.69) is 17.6 Å².